The van der Waals surface area contributed by atoms with Crippen molar-refractivity contribution in [1.82, 2.24) is 9.97 Å². The Morgan fingerprint density at radius 3 is 2.20 bits per heavy atom. The molecular formula is C10H16N2O2S. The molecule has 0 spiro atoms. The second-order valence-corrected chi connectivity index (χ2v) is 4.09. The Balaban J connectivity index is 3.32. The highest BCUT2D eigenvalue weighted by Crippen LogP contribution is 2.33. The molecule has 0 saturated carbocycles. The van der Waals surface area contributed by atoms with Gasteiger partial charge in [0.05, 0.1) is 14.2 Å². The summed E-state index contributed by atoms with van der Waals surface area (Å²) in [7, 11) is 3.16. The van der Waals surface area contributed by atoms with E-state index >= 15 is 0 Å². The van der Waals surface area contributed by atoms with Gasteiger partial charge in [-0.25, -0.2) is 0 Å². The Morgan fingerprint density at radius 2 is 1.80 bits per heavy atom. The van der Waals surface area contributed by atoms with Crippen molar-refractivity contribution in [2.75, 3.05) is 20.5 Å². The van der Waals surface area contributed by atoms with Gasteiger partial charge in [0.15, 0.2) is 0 Å². The molecule has 5 heteroatoms. The first-order valence-electron chi connectivity index (χ1n) is 4.67. The lowest BCUT2D eigenvalue weighted by atomic mass is 10.1. The molecule has 1 aromatic heterocycles. The van der Waals surface area contributed by atoms with Crippen LogP contribution in [0.2, 0.25) is 0 Å². The highest BCUT2D eigenvalue weighted by Gasteiger charge is 2.17. The van der Waals surface area contributed by atoms with Crippen LogP contribution in [0.15, 0.2) is 5.03 Å². The summed E-state index contributed by atoms with van der Waals surface area (Å²) in [6, 6.07) is 0.348. The van der Waals surface area contributed by atoms with Gasteiger partial charge in [0, 0.05) is 5.56 Å². The molecular weight excluding hydrogens is 212 g/mol. The number of hydrogen-bond donors (Lipinski definition) is 0. The van der Waals surface area contributed by atoms with Gasteiger partial charge in [0.2, 0.25) is 5.88 Å². The Morgan fingerprint density at radius 1 is 1.13 bits per heavy atom. The van der Waals surface area contributed by atoms with Crippen molar-refractivity contribution in [1.29, 1.82) is 0 Å². The first-order chi connectivity index (χ1) is 7.13. The fourth-order valence-electron chi connectivity index (χ4n) is 1.31. The molecule has 0 atom stereocenters. The van der Waals surface area contributed by atoms with Crippen molar-refractivity contribution in [2.45, 2.75) is 24.8 Å². The molecule has 0 N–H and O–H groups in total. The number of nitrogens with zero attached hydrogens (tertiary/aromatic N) is 2. The number of thioether (sulfide) groups is 1. The number of ether oxygens (including phenoxy) is 2. The first-order valence-corrected chi connectivity index (χ1v) is 5.90. The predicted molar refractivity (Wildman–Crippen MR) is 61.0 cm³/mol. The van der Waals surface area contributed by atoms with Crippen molar-refractivity contribution in [3.8, 4) is 11.9 Å². The van der Waals surface area contributed by atoms with E-state index in [1.807, 2.05) is 6.26 Å². The Kier molecular flexibility index (Phi) is 4.20. The van der Waals surface area contributed by atoms with Gasteiger partial charge in [-0.05, 0) is 12.2 Å². The minimum Gasteiger partial charge on any atom is -0.481 e. The fraction of sp³-hybridized carbons (Fsp3) is 0.600. The molecule has 84 valence electrons. The third-order valence-electron chi connectivity index (χ3n) is 2.00. The molecule has 0 bridgehead atoms. The van der Waals surface area contributed by atoms with Gasteiger partial charge in [0.1, 0.15) is 5.03 Å². The topological polar surface area (TPSA) is 44.2 Å². The predicted octanol–water partition coefficient (Wildman–Crippen LogP) is 2.34. The Labute approximate surface area is 94.4 Å². The monoisotopic (exact) mass is 228 g/mol. The highest BCUT2D eigenvalue weighted by molar-refractivity contribution is 7.98. The third kappa shape index (κ3) is 2.53. The molecule has 0 radical (unpaired) electrons. The van der Waals surface area contributed by atoms with Gasteiger partial charge in [-0.2, -0.15) is 9.97 Å². The molecule has 4 nitrogen and oxygen atoms in total. The molecule has 0 aliphatic carbocycles. The van der Waals surface area contributed by atoms with Crippen molar-refractivity contribution < 1.29 is 9.47 Å². The van der Waals surface area contributed by atoms with E-state index in [2.05, 4.69) is 23.8 Å². The standard InChI is InChI=1S/C10H16N2O2S/c1-6(2)7-8(13-3)11-10(14-4)12-9(7)15-5/h6H,1-5H3. The Bertz CT molecular complexity index is 317. The molecule has 1 aromatic rings. The van der Waals surface area contributed by atoms with Crippen molar-refractivity contribution in [3.63, 3.8) is 0 Å². The largest absolute Gasteiger partial charge is 0.481 e. The van der Waals surface area contributed by atoms with Crippen LogP contribution < -0.4 is 9.47 Å². The fourth-order valence-corrected chi connectivity index (χ4v) is 2.02. The lowest BCUT2D eigenvalue weighted by molar-refractivity contribution is 0.342. The van der Waals surface area contributed by atoms with E-state index < -0.39 is 0 Å². The van der Waals surface area contributed by atoms with E-state index in [0.29, 0.717) is 17.8 Å². The molecule has 0 saturated heterocycles. The zero-order chi connectivity index (χ0) is 11.4. The van der Waals surface area contributed by atoms with Gasteiger partial charge in [-0.3, -0.25) is 0 Å². The van der Waals surface area contributed by atoms with Gasteiger partial charge < -0.3 is 9.47 Å². The maximum absolute atomic E-state index is 5.25. The van der Waals surface area contributed by atoms with Crippen LogP contribution >= 0.6 is 11.8 Å². The van der Waals surface area contributed by atoms with Gasteiger partial charge in [-0.15, -0.1) is 11.8 Å². The zero-order valence-electron chi connectivity index (χ0n) is 9.70. The van der Waals surface area contributed by atoms with Crippen LogP contribution in [-0.2, 0) is 0 Å². The quantitative estimate of drug-likeness (QED) is 0.584. The smallest absolute Gasteiger partial charge is 0.320 e. The lowest BCUT2D eigenvalue weighted by Gasteiger charge is -2.14. The van der Waals surface area contributed by atoms with E-state index in [0.717, 1.165) is 10.6 Å². The van der Waals surface area contributed by atoms with E-state index in [4.69, 9.17) is 9.47 Å². The summed E-state index contributed by atoms with van der Waals surface area (Å²) < 4.78 is 10.3. The van der Waals surface area contributed by atoms with Crippen molar-refractivity contribution >= 4 is 11.8 Å². The van der Waals surface area contributed by atoms with Crippen LogP contribution in [0.5, 0.6) is 11.9 Å². The molecule has 0 unspecified atom stereocenters. The number of hydrogen-bond acceptors (Lipinski definition) is 5. The molecule has 0 aliphatic heterocycles. The molecule has 1 heterocycles. The van der Waals surface area contributed by atoms with Gasteiger partial charge in [-0.1, -0.05) is 13.8 Å². The van der Waals surface area contributed by atoms with E-state index in [1.54, 1.807) is 26.0 Å². The average Bonchev–Trinajstić information content (AvgIpc) is 2.26. The summed E-state index contributed by atoms with van der Waals surface area (Å²) in [6.45, 7) is 4.18. The summed E-state index contributed by atoms with van der Waals surface area (Å²) >= 11 is 1.57. The molecule has 0 amide bonds. The van der Waals surface area contributed by atoms with Crippen LogP contribution in [0, 0.1) is 0 Å². The van der Waals surface area contributed by atoms with Crippen LogP contribution in [0.4, 0.5) is 0 Å². The summed E-state index contributed by atoms with van der Waals surface area (Å²) in [5, 5.41) is 0.911. The van der Waals surface area contributed by atoms with Crippen LogP contribution in [-0.4, -0.2) is 30.4 Å². The molecule has 15 heavy (non-hydrogen) atoms. The summed E-state index contributed by atoms with van der Waals surface area (Å²) in [5.41, 5.74) is 1.03. The average molecular weight is 228 g/mol. The first kappa shape index (κ1) is 12.1. The van der Waals surface area contributed by atoms with E-state index in [9.17, 15) is 0 Å². The highest BCUT2D eigenvalue weighted by atomic mass is 32.2. The molecule has 0 fully saturated rings. The minimum atomic E-state index is 0.327. The van der Waals surface area contributed by atoms with Gasteiger partial charge in [0.25, 0.3) is 0 Å². The summed E-state index contributed by atoms with van der Waals surface area (Å²) in [6.07, 6.45) is 1.98. The number of rotatable bonds is 4. The van der Waals surface area contributed by atoms with Crippen molar-refractivity contribution in [3.05, 3.63) is 5.56 Å². The second-order valence-electron chi connectivity index (χ2n) is 3.30. The lowest BCUT2D eigenvalue weighted by Crippen LogP contribution is -2.04. The summed E-state index contributed by atoms with van der Waals surface area (Å²) in [5.74, 6) is 0.925. The minimum absolute atomic E-state index is 0.327. The number of aromatic nitrogens is 2. The second kappa shape index (κ2) is 5.21. The SMILES string of the molecule is COc1nc(OC)c(C(C)C)c(SC)n1. The van der Waals surface area contributed by atoms with Crippen LogP contribution in [0.3, 0.4) is 0 Å². The maximum Gasteiger partial charge on any atom is 0.320 e. The molecule has 1 rings (SSSR count). The van der Waals surface area contributed by atoms with E-state index in [-0.39, 0.29) is 0 Å². The van der Waals surface area contributed by atoms with Crippen LogP contribution in [0.1, 0.15) is 25.3 Å². The molecule has 0 aliphatic rings. The maximum atomic E-state index is 5.25. The molecule has 0 aromatic carbocycles. The normalized spacial score (nSPS) is 10.5. The van der Waals surface area contributed by atoms with Crippen LogP contribution in [0.25, 0.3) is 0 Å². The van der Waals surface area contributed by atoms with Crippen molar-refractivity contribution in [2.24, 2.45) is 0 Å². The zero-order valence-corrected chi connectivity index (χ0v) is 10.5. The third-order valence-corrected chi connectivity index (χ3v) is 2.70. The number of methoxy groups -OCH3 is 2. The summed E-state index contributed by atoms with van der Waals surface area (Å²) in [4.78, 5) is 8.46. The van der Waals surface area contributed by atoms with E-state index in [1.165, 1.54) is 0 Å². The Hall–Kier alpha value is -0.970. The van der Waals surface area contributed by atoms with Gasteiger partial charge >= 0.3 is 6.01 Å².